The van der Waals surface area contributed by atoms with Crippen LogP contribution in [0.5, 0.6) is 0 Å². The molecule has 1 saturated heterocycles. The Morgan fingerprint density at radius 2 is 1.95 bits per heavy atom. The van der Waals surface area contributed by atoms with Gasteiger partial charge in [0.1, 0.15) is 0 Å². The second-order valence-corrected chi connectivity index (χ2v) is 6.31. The van der Waals surface area contributed by atoms with E-state index < -0.39 is 0 Å². The lowest BCUT2D eigenvalue weighted by molar-refractivity contribution is -0.138. The summed E-state index contributed by atoms with van der Waals surface area (Å²) in [7, 11) is 2.21. The average molecular weight is 295 g/mol. The van der Waals surface area contributed by atoms with Crippen LogP contribution in [0, 0.1) is 0 Å². The van der Waals surface area contributed by atoms with Crippen LogP contribution in [0.15, 0.2) is 0 Å². The molecule has 1 unspecified atom stereocenters. The zero-order chi connectivity index (χ0) is 15.2. The minimum atomic E-state index is -0.294. The molecule has 5 heteroatoms. The first kappa shape index (κ1) is 16.4. The molecule has 2 amide bonds. The molecule has 1 N–H and O–H groups in total. The van der Waals surface area contributed by atoms with E-state index in [1.54, 1.807) is 0 Å². The first-order valence-corrected chi connectivity index (χ1v) is 8.41. The van der Waals surface area contributed by atoms with Gasteiger partial charge in [-0.3, -0.25) is 14.5 Å². The molecule has 2 aliphatic rings. The first-order chi connectivity index (χ1) is 10.1. The Bertz CT molecular complexity index is 367. The van der Waals surface area contributed by atoms with E-state index in [1.807, 2.05) is 6.92 Å². The van der Waals surface area contributed by atoms with Crippen molar-refractivity contribution >= 4 is 11.8 Å². The third kappa shape index (κ3) is 4.27. The van der Waals surface area contributed by atoms with Gasteiger partial charge in [-0.05, 0) is 46.3 Å². The van der Waals surface area contributed by atoms with Crippen LogP contribution in [-0.2, 0) is 9.59 Å². The van der Waals surface area contributed by atoms with Crippen LogP contribution in [0.4, 0.5) is 0 Å². The summed E-state index contributed by atoms with van der Waals surface area (Å²) in [5, 5.41) is 3.25. The van der Waals surface area contributed by atoms with Crippen molar-refractivity contribution in [2.75, 3.05) is 26.7 Å². The highest BCUT2D eigenvalue weighted by Crippen LogP contribution is 2.21. The number of nitrogens with one attached hydrogen (secondary N) is 1. The summed E-state index contributed by atoms with van der Waals surface area (Å²) in [5.41, 5.74) is 0. The highest BCUT2D eigenvalue weighted by Gasteiger charge is 2.36. The van der Waals surface area contributed by atoms with Crippen molar-refractivity contribution in [3.05, 3.63) is 0 Å². The molecule has 0 bridgehead atoms. The second kappa shape index (κ2) is 7.90. The van der Waals surface area contributed by atoms with E-state index in [9.17, 15) is 9.59 Å². The zero-order valence-corrected chi connectivity index (χ0v) is 13.4. The maximum absolute atomic E-state index is 12.0. The van der Waals surface area contributed by atoms with E-state index in [0.29, 0.717) is 13.0 Å². The molecule has 0 aromatic rings. The van der Waals surface area contributed by atoms with E-state index in [4.69, 9.17) is 0 Å². The van der Waals surface area contributed by atoms with Gasteiger partial charge in [-0.15, -0.1) is 0 Å². The minimum absolute atomic E-state index is 0.0423. The maximum atomic E-state index is 12.0. The first-order valence-electron chi connectivity index (χ1n) is 8.41. The Hall–Kier alpha value is -0.940. The van der Waals surface area contributed by atoms with Crippen LogP contribution in [0.3, 0.4) is 0 Å². The van der Waals surface area contributed by atoms with Crippen molar-refractivity contribution in [2.24, 2.45) is 0 Å². The largest absolute Gasteiger partial charge is 0.305 e. The van der Waals surface area contributed by atoms with Gasteiger partial charge in [-0.1, -0.05) is 19.3 Å². The molecule has 0 aromatic carbocycles. The number of likely N-dealkylation sites (N-methyl/N-ethyl adjacent to an activating group) is 1. The van der Waals surface area contributed by atoms with Gasteiger partial charge >= 0.3 is 0 Å². The van der Waals surface area contributed by atoms with Gasteiger partial charge in [0, 0.05) is 12.6 Å². The Kier molecular flexibility index (Phi) is 6.18. The van der Waals surface area contributed by atoms with Crippen molar-refractivity contribution < 1.29 is 9.59 Å². The maximum Gasteiger partial charge on any atom is 0.246 e. The van der Waals surface area contributed by atoms with E-state index >= 15 is 0 Å². The van der Waals surface area contributed by atoms with Crippen LogP contribution in [-0.4, -0.2) is 60.4 Å². The Balaban J connectivity index is 1.63. The number of carbonyl (C=O) groups is 2. The predicted molar refractivity (Wildman–Crippen MR) is 82.9 cm³/mol. The van der Waals surface area contributed by atoms with Crippen LogP contribution in [0.25, 0.3) is 0 Å². The third-order valence-corrected chi connectivity index (χ3v) is 4.84. The SMILES string of the molecule is CCN1C(=O)CC(NCCCN(C)C2CCCCC2)C1=O. The molecule has 1 aliphatic carbocycles. The number of imide groups is 1. The van der Waals surface area contributed by atoms with Crippen LogP contribution >= 0.6 is 0 Å². The standard InChI is InChI=1S/C16H29N3O2/c1-3-19-15(20)12-14(16(19)21)17-10-7-11-18(2)13-8-5-4-6-9-13/h13-14,17H,3-12H2,1-2H3. The molecule has 21 heavy (non-hydrogen) atoms. The summed E-state index contributed by atoms with van der Waals surface area (Å²) >= 11 is 0. The zero-order valence-electron chi connectivity index (χ0n) is 13.4. The minimum Gasteiger partial charge on any atom is -0.305 e. The van der Waals surface area contributed by atoms with Gasteiger partial charge in [0.2, 0.25) is 11.8 Å². The Morgan fingerprint density at radius 1 is 1.24 bits per heavy atom. The van der Waals surface area contributed by atoms with Crippen molar-refractivity contribution in [1.82, 2.24) is 15.1 Å². The monoisotopic (exact) mass is 295 g/mol. The molecule has 120 valence electrons. The molecule has 2 fully saturated rings. The van der Waals surface area contributed by atoms with Crippen molar-refractivity contribution in [1.29, 1.82) is 0 Å². The molecular weight excluding hydrogens is 266 g/mol. The topological polar surface area (TPSA) is 52.7 Å². The van der Waals surface area contributed by atoms with Gasteiger partial charge in [-0.2, -0.15) is 0 Å². The van der Waals surface area contributed by atoms with Crippen molar-refractivity contribution in [3.63, 3.8) is 0 Å². The lowest BCUT2D eigenvalue weighted by Crippen LogP contribution is -2.40. The summed E-state index contributed by atoms with van der Waals surface area (Å²) in [4.78, 5) is 27.4. The van der Waals surface area contributed by atoms with Gasteiger partial charge in [0.05, 0.1) is 12.5 Å². The fourth-order valence-electron chi connectivity index (χ4n) is 3.48. The number of amides is 2. The van der Waals surface area contributed by atoms with Crippen LogP contribution in [0.1, 0.15) is 51.9 Å². The quantitative estimate of drug-likeness (QED) is 0.569. The predicted octanol–water partition coefficient (Wildman–Crippen LogP) is 1.38. The van der Waals surface area contributed by atoms with Gasteiger partial charge in [-0.25, -0.2) is 0 Å². The number of likely N-dealkylation sites (tertiary alicyclic amines) is 1. The number of carbonyl (C=O) groups excluding carboxylic acids is 2. The highest BCUT2D eigenvalue weighted by atomic mass is 16.2. The number of nitrogens with zero attached hydrogens (tertiary/aromatic N) is 2. The van der Waals surface area contributed by atoms with Gasteiger partial charge < -0.3 is 10.2 Å². The lowest BCUT2D eigenvalue weighted by atomic mass is 9.94. The van der Waals surface area contributed by atoms with Crippen molar-refractivity contribution in [2.45, 2.75) is 64.0 Å². The molecule has 1 atom stereocenters. The fraction of sp³-hybridized carbons (Fsp3) is 0.875. The molecule has 0 spiro atoms. The van der Waals surface area contributed by atoms with Crippen molar-refractivity contribution in [3.8, 4) is 0 Å². The lowest BCUT2D eigenvalue weighted by Gasteiger charge is -2.31. The van der Waals surface area contributed by atoms with Gasteiger partial charge in [0.15, 0.2) is 0 Å². The molecule has 5 nitrogen and oxygen atoms in total. The number of hydrogen-bond acceptors (Lipinski definition) is 4. The van der Waals surface area contributed by atoms with Crippen LogP contribution in [0.2, 0.25) is 0 Å². The fourth-order valence-corrected chi connectivity index (χ4v) is 3.48. The third-order valence-electron chi connectivity index (χ3n) is 4.84. The number of rotatable bonds is 7. The molecule has 1 aliphatic heterocycles. The summed E-state index contributed by atoms with van der Waals surface area (Å²) in [6, 6.07) is 0.446. The molecule has 0 aromatic heterocycles. The van der Waals surface area contributed by atoms with E-state index in [1.165, 1.54) is 37.0 Å². The highest BCUT2D eigenvalue weighted by molar-refractivity contribution is 6.05. The van der Waals surface area contributed by atoms with Gasteiger partial charge in [0.25, 0.3) is 0 Å². The normalized spacial score (nSPS) is 24.3. The average Bonchev–Trinajstić information content (AvgIpc) is 2.78. The Labute approximate surface area is 128 Å². The van der Waals surface area contributed by atoms with Crippen LogP contribution < -0.4 is 5.32 Å². The summed E-state index contributed by atoms with van der Waals surface area (Å²) in [5.74, 6) is -0.0949. The summed E-state index contributed by atoms with van der Waals surface area (Å²) < 4.78 is 0. The molecular formula is C16H29N3O2. The smallest absolute Gasteiger partial charge is 0.246 e. The van der Waals surface area contributed by atoms with E-state index in [-0.39, 0.29) is 17.9 Å². The van der Waals surface area contributed by atoms with E-state index in [0.717, 1.165) is 25.6 Å². The molecule has 1 heterocycles. The Morgan fingerprint density at radius 3 is 2.57 bits per heavy atom. The number of hydrogen-bond donors (Lipinski definition) is 1. The summed E-state index contributed by atoms with van der Waals surface area (Å²) in [6.45, 7) is 4.19. The molecule has 2 rings (SSSR count). The molecule has 1 saturated carbocycles. The second-order valence-electron chi connectivity index (χ2n) is 6.31. The summed E-state index contributed by atoms with van der Waals surface area (Å²) in [6.07, 6.45) is 8.10. The molecule has 0 radical (unpaired) electrons. The van der Waals surface area contributed by atoms with E-state index in [2.05, 4.69) is 17.3 Å².